The van der Waals surface area contributed by atoms with E-state index in [0.29, 0.717) is 13.2 Å². The zero-order chi connectivity index (χ0) is 11.9. The van der Waals surface area contributed by atoms with Gasteiger partial charge in [0, 0.05) is 0 Å². The van der Waals surface area contributed by atoms with Gasteiger partial charge in [0.2, 0.25) is 0 Å². The van der Waals surface area contributed by atoms with E-state index in [0.717, 1.165) is 12.8 Å². The van der Waals surface area contributed by atoms with E-state index in [9.17, 15) is 0 Å². The average molecular weight is 365 g/mol. The van der Waals surface area contributed by atoms with Crippen LogP contribution in [-0.2, 0) is 9.05 Å². The van der Waals surface area contributed by atoms with Crippen LogP contribution >= 0.6 is 64.4 Å². The van der Waals surface area contributed by atoms with Crippen LogP contribution in [0.5, 0.6) is 0 Å². The molecule has 2 aliphatic rings. The van der Waals surface area contributed by atoms with Gasteiger partial charge in [0.25, 0.3) is 11.8 Å². The number of nitrogens with zero attached hydrogens (tertiary/aromatic N) is 3. The van der Waals surface area contributed by atoms with Gasteiger partial charge in [0.1, 0.15) is 0 Å². The van der Waals surface area contributed by atoms with Crippen molar-refractivity contribution >= 4 is 64.4 Å². The van der Waals surface area contributed by atoms with E-state index in [-0.39, 0.29) is 0 Å². The molecule has 1 spiro atoms. The maximum Gasteiger partial charge on any atom is 0.345 e. The van der Waals surface area contributed by atoms with Crippen LogP contribution < -0.4 is 0 Å². The van der Waals surface area contributed by atoms with Gasteiger partial charge in [0.15, 0.2) is 0 Å². The highest BCUT2D eigenvalue weighted by Crippen LogP contribution is 2.85. The SMILES string of the molecule is ClP1(Cl)=NP(Cl)(Cl)=NP2(=N1)OCCCCO2. The van der Waals surface area contributed by atoms with Crippen molar-refractivity contribution in [3.8, 4) is 0 Å². The zero-order valence-electron chi connectivity index (χ0n) is 7.84. The van der Waals surface area contributed by atoms with Gasteiger partial charge in [0.05, 0.1) is 13.2 Å². The summed E-state index contributed by atoms with van der Waals surface area (Å²) in [6.45, 7) is 0.977. The monoisotopic (exact) mass is 363 g/mol. The molecule has 0 atom stereocenters. The Kier molecular flexibility index (Phi) is 4.47. The second kappa shape index (κ2) is 5.04. The van der Waals surface area contributed by atoms with Gasteiger partial charge in [-0.25, -0.2) is 0 Å². The molecular formula is C4H8Cl4N3O2P3. The molecule has 0 bridgehead atoms. The second-order valence-corrected chi connectivity index (χ2v) is 15.2. The van der Waals surface area contributed by atoms with Gasteiger partial charge >= 0.3 is 7.66 Å². The minimum Gasteiger partial charge on any atom is -0.306 e. The lowest BCUT2D eigenvalue weighted by Gasteiger charge is -2.23. The molecule has 0 saturated carbocycles. The lowest BCUT2D eigenvalue weighted by molar-refractivity contribution is 0.284. The van der Waals surface area contributed by atoms with Gasteiger partial charge in [-0.05, 0) is 57.8 Å². The summed E-state index contributed by atoms with van der Waals surface area (Å²) in [6, 6.07) is 0. The number of hydrogen-bond acceptors (Lipinski definition) is 5. The van der Waals surface area contributed by atoms with Crippen molar-refractivity contribution in [1.29, 1.82) is 0 Å². The van der Waals surface area contributed by atoms with Gasteiger partial charge in [-0.2, -0.15) is 13.5 Å². The Morgan fingerprint density at radius 1 is 0.750 bits per heavy atom. The van der Waals surface area contributed by atoms with Crippen LogP contribution in [0.1, 0.15) is 12.8 Å². The fourth-order valence-corrected chi connectivity index (χ4v) is 15.3. The third-order valence-electron chi connectivity index (χ3n) is 1.71. The predicted molar refractivity (Wildman–Crippen MR) is 72.6 cm³/mol. The van der Waals surface area contributed by atoms with Crippen LogP contribution in [0, 0.1) is 0 Å². The van der Waals surface area contributed by atoms with Crippen molar-refractivity contribution in [1.82, 2.24) is 0 Å². The van der Waals surface area contributed by atoms with Crippen molar-refractivity contribution in [3.63, 3.8) is 0 Å². The summed E-state index contributed by atoms with van der Waals surface area (Å²) in [5, 5.41) is 0. The van der Waals surface area contributed by atoms with E-state index in [1.54, 1.807) is 0 Å². The van der Waals surface area contributed by atoms with Gasteiger partial charge < -0.3 is 9.05 Å². The lowest BCUT2D eigenvalue weighted by Crippen LogP contribution is -1.90. The molecule has 1 saturated heterocycles. The first-order chi connectivity index (χ1) is 7.33. The Morgan fingerprint density at radius 3 is 1.75 bits per heavy atom. The predicted octanol–water partition coefficient (Wildman–Crippen LogP) is 6.62. The highest BCUT2D eigenvalue weighted by atomic mass is 35.9. The van der Waals surface area contributed by atoms with E-state index < -0.39 is 19.5 Å². The third-order valence-corrected chi connectivity index (χ3v) is 12.9. The number of hydrogen-bond donors (Lipinski definition) is 0. The van der Waals surface area contributed by atoms with Gasteiger partial charge in [-0.15, -0.1) is 0 Å². The van der Waals surface area contributed by atoms with Crippen molar-refractivity contribution in [2.45, 2.75) is 12.8 Å². The van der Waals surface area contributed by atoms with Crippen molar-refractivity contribution in [2.24, 2.45) is 13.5 Å². The molecule has 0 aromatic rings. The smallest absolute Gasteiger partial charge is 0.306 e. The van der Waals surface area contributed by atoms with E-state index in [1.807, 2.05) is 0 Å². The molecule has 94 valence electrons. The first-order valence-electron chi connectivity index (χ1n) is 4.32. The molecular weight excluding hydrogens is 357 g/mol. The molecule has 0 unspecified atom stereocenters. The second-order valence-electron chi connectivity index (χ2n) is 3.04. The Labute approximate surface area is 113 Å². The van der Waals surface area contributed by atoms with Crippen LogP contribution in [0.15, 0.2) is 13.5 Å². The first kappa shape index (κ1) is 14.2. The average Bonchev–Trinajstić information content (AvgIpc) is 2.24. The third kappa shape index (κ3) is 3.63. The van der Waals surface area contributed by atoms with E-state index in [4.69, 9.17) is 54.0 Å². The lowest BCUT2D eigenvalue weighted by atomic mass is 10.3. The molecule has 5 nitrogen and oxygen atoms in total. The van der Waals surface area contributed by atoms with E-state index in [1.165, 1.54) is 0 Å². The molecule has 0 aliphatic carbocycles. The maximum atomic E-state index is 5.94. The molecule has 2 aliphatic heterocycles. The molecule has 2 heterocycles. The topological polar surface area (TPSA) is 55.5 Å². The largest absolute Gasteiger partial charge is 0.345 e. The molecule has 0 radical (unpaired) electrons. The Hall–Kier alpha value is 1.77. The molecule has 0 N–H and O–H groups in total. The summed E-state index contributed by atoms with van der Waals surface area (Å²) in [6.07, 6.45) is 1.74. The quantitative estimate of drug-likeness (QED) is 0.453. The van der Waals surface area contributed by atoms with Crippen LogP contribution in [0.4, 0.5) is 0 Å². The van der Waals surface area contributed by atoms with E-state index in [2.05, 4.69) is 13.5 Å². The summed E-state index contributed by atoms with van der Waals surface area (Å²) in [7, 11) is -2.84. The van der Waals surface area contributed by atoms with Crippen LogP contribution in [0.2, 0.25) is 0 Å². The fourth-order valence-electron chi connectivity index (χ4n) is 1.17. The van der Waals surface area contributed by atoms with Gasteiger partial charge in [-0.1, -0.05) is 0 Å². The molecule has 12 heteroatoms. The fraction of sp³-hybridized carbons (Fsp3) is 1.00. The van der Waals surface area contributed by atoms with Crippen LogP contribution in [0.25, 0.3) is 0 Å². The summed E-state index contributed by atoms with van der Waals surface area (Å²) in [5.74, 6) is -5.85. The zero-order valence-corrected chi connectivity index (χ0v) is 13.5. The van der Waals surface area contributed by atoms with Crippen molar-refractivity contribution < 1.29 is 9.05 Å². The Balaban J connectivity index is 2.52. The van der Waals surface area contributed by atoms with Crippen molar-refractivity contribution in [2.75, 3.05) is 13.2 Å². The van der Waals surface area contributed by atoms with Crippen LogP contribution in [0.3, 0.4) is 0 Å². The Morgan fingerprint density at radius 2 is 1.25 bits per heavy atom. The first-order valence-corrected chi connectivity index (χ1v) is 12.9. The number of rotatable bonds is 0. The summed E-state index contributed by atoms with van der Waals surface area (Å²) in [5.41, 5.74) is 0. The Bertz CT molecular complexity index is 434. The number of halogens is 4. The molecule has 16 heavy (non-hydrogen) atoms. The molecule has 0 aromatic carbocycles. The minimum absolute atomic E-state index is 0.488. The summed E-state index contributed by atoms with van der Waals surface area (Å²) >= 11 is 23.8. The normalized spacial score (nSPS) is 30.8. The molecule has 1 fully saturated rings. The maximum absolute atomic E-state index is 5.94. The van der Waals surface area contributed by atoms with E-state index >= 15 is 0 Å². The standard InChI is InChI=1S/C4H8Cl4N3O2P3/c5-14(6)9-15(7,8)11-16(10-14)12-3-1-2-4-13-16/h1-4H2. The van der Waals surface area contributed by atoms with Crippen molar-refractivity contribution in [3.05, 3.63) is 0 Å². The van der Waals surface area contributed by atoms with Gasteiger partial charge in [-0.3, -0.25) is 0 Å². The highest BCUT2D eigenvalue weighted by Gasteiger charge is 2.36. The molecule has 0 amide bonds. The molecule has 2 rings (SSSR count). The summed E-state index contributed by atoms with van der Waals surface area (Å²) < 4.78 is 23.1. The highest BCUT2D eigenvalue weighted by molar-refractivity contribution is 8.20. The van der Waals surface area contributed by atoms with Crippen LogP contribution in [-0.4, -0.2) is 13.2 Å². The summed E-state index contributed by atoms with van der Waals surface area (Å²) in [4.78, 5) is 0. The molecule has 0 aromatic heterocycles. The minimum atomic E-state index is -2.93.